The van der Waals surface area contributed by atoms with Gasteiger partial charge in [0.05, 0.1) is 34.8 Å². The molecule has 2 atom stereocenters. The van der Waals surface area contributed by atoms with Crippen molar-refractivity contribution in [2.75, 3.05) is 13.1 Å². The normalized spacial score (nSPS) is 19.0. The van der Waals surface area contributed by atoms with Crippen molar-refractivity contribution in [3.63, 3.8) is 0 Å². The maximum Gasteiger partial charge on any atom is 0.433 e. The number of pyridine rings is 2. The zero-order valence-corrected chi connectivity index (χ0v) is 34.1. The van der Waals surface area contributed by atoms with Crippen LogP contribution in [-0.4, -0.2) is 78.4 Å². The third-order valence-electron chi connectivity index (χ3n) is 10.6. The van der Waals surface area contributed by atoms with E-state index in [4.69, 9.17) is 0 Å². The van der Waals surface area contributed by atoms with Gasteiger partial charge >= 0.3 is 12.4 Å². The first-order valence-corrected chi connectivity index (χ1v) is 20.0. The third kappa shape index (κ3) is 10.8. The van der Waals surface area contributed by atoms with Crippen LogP contribution in [0.5, 0.6) is 0 Å². The smallest absolute Gasteiger partial charge is 0.433 e. The van der Waals surface area contributed by atoms with Gasteiger partial charge < -0.3 is 17.7 Å². The van der Waals surface area contributed by atoms with Gasteiger partial charge in [-0.1, -0.05) is 0 Å². The van der Waals surface area contributed by atoms with E-state index in [1.54, 1.807) is 19.1 Å². The van der Waals surface area contributed by atoms with Gasteiger partial charge in [0.25, 0.3) is 0 Å². The molecule has 0 amide bonds. The Morgan fingerprint density at radius 2 is 1.18 bits per heavy atom. The number of rotatable bonds is 12. The van der Waals surface area contributed by atoms with E-state index in [0.717, 1.165) is 66.1 Å². The molecule has 4 aromatic heterocycles. The second-order valence-corrected chi connectivity index (χ2v) is 16.6. The van der Waals surface area contributed by atoms with Gasteiger partial charge in [0.15, 0.2) is 17.1 Å². The van der Waals surface area contributed by atoms with Crippen LogP contribution in [-0.2, 0) is 44.8 Å². The van der Waals surface area contributed by atoms with Crippen LogP contribution in [0.2, 0.25) is 0 Å². The number of carbonyl (C=O) groups is 2. The van der Waals surface area contributed by atoms with Crippen molar-refractivity contribution in [1.82, 2.24) is 34.2 Å². The molecule has 21 heteroatoms. The molecule has 0 bridgehead atoms. The van der Waals surface area contributed by atoms with E-state index < -0.39 is 45.1 Å². The van der Waals surface area contributed by atoms with E-state index in [1.165, 1.54) is 24.8 Å². The number of Topliss-reactive ketones (excluding diaryl/α,β-unsaturated/α-hetero) is 2. The number of quaternary nitrogens is 1. The summed E-state index contributed by atoms with van der Waals surface area (Å²) in [6.07, 6.45) is -1.95. The van der Waals surface area contributed by atoms with Gasteiger partial charge in [-0.2, -0.15) is 30.6 Å². The van der Waals surface area contributed by atoms with Crippen LogP contribution in [0.1, 0.15) is 62.3 Å². The summed E-state index contributed by atoms with van der Waals surface area (Å²) in [5.74, 6) is -0.677. The number of nitrogens with zero attached hydrogens (tertiary/aromatic N) is 7. The number of sulfonamides is 1. The first-order chi connectivity index (χ1) is 28.2. The topological polar surface area (TPSA) is 165 Å². The van der Waals surface area contributed by atoms with Crippen LogP contribution in [0.15, 0.2) is 90.6 Å². The number of ketones is 2. The Labute approximate surface area is 352 Å². The number of nitrogens with two attached hydrogens (primary N) is 1. The molecule has 2 saturated heterocycles. The van der Waals surface area contributed by atoms with Crippen molar-refractivity contribution in [3.8, 4) is 22.5 Å². The van der Waals surface area contributed by atoms with Gasteiger partial charge in [0, 0.05) is 54.3 Å². The lowest BCUT2D eigenvalue weighted by Gasteiger charge is -2.48. The van der Waals surface area contributed by atoms with Crippen LogP contribution in [0.3, 0.4) is 0 Å². The molecule has 1 aromatic carbocycles. The molecule has 2 aliphatic rings. The largest absolute Gasteiger partial charge is 1.00 e. The number of hydrogen-bond donors (Lipinski definition) is 1. The van der Waals surface area contributed by atoms with Crippen molar-refractivity contribution >= 4 is 21.6 Å². The zero-order valence-electron chi connectivity index (χ0n) is 32.5. The monoisotopic (exact) mass is 894 g/mol. The highest BCUT2D eigenvalue weighted by Crippen LogP contribution is 2.38. The molecule has 12 nitrogen and oxygen atoms in total. The molecular formula is C40H38ClF7N8O4S. The molecule has 0 radical (unpaired) electrons. The lowest BCUT2D eigenvalue weighted by Crippen LogP contribution is -3.06. The average Bonchev–Trinajstić information content (AvgIpc) is 3.20. The standard InChI is InChI=1S/C23H20F4N4O3S.C17H17F3N4O.ClH/c1-22(10-11-31(22)35(33,34)18-6-3-16(24)4-7-18)21(32)9-5-17-12-19(30-14-29-17)15-2-8-20(28-13-15)23(25,26)27;1-16(6-7-24-16)15(25)5-3-12-8-13(23-10-22-12)11-2-4-14(21-9-11)17(18,19)20;/h2-4,6-8,12-14H,5,9-11H2,1H3;2,4,8-10,24H,3,5-7H2,1H3;1H/t22-;;/m0../s1. The zero-order chi connectivity index (χ0) is 43.5. The molecule has 2 fully saturated rings. The number of aryl methyl sites for hydroxylation is 2. The fourth-order valence-corrected chi connectivity index (χ4v) is 8.41. The second kappa shape index (κ2) is 18.3. The minimum atomic E-state index is -4.55. The highest BCUT2D eigenvalue weighted by Gasteiger charge is 2.52. The van der Waals surface area contributed by atoms with E-state index in [9.17, 15) is 48.7 Å². The van der Waals surface area contributed by atoms with Gasteiger partial charge in [0.2, 0.25) is 10.0 Å². The fraction of sp³-hybridized carbons (Fsp3) is 0.350. The SMILES string of the molecule is CC1(C(=O)CCc2cc(-c3ccc(C(F)(F)F)nc3)ncn2)CC[NH2+]1.C[C@@]1(C(=O)CCc2cc(-c3ccc(C(F)(F)F)nc3)ncn2)CCN1S(=O)(=O)c1ccc(F)cc1.[Cl-]. The van der Waals surface area contributed by atoms with E-state index >= 15 is 0 Å². The van der Waals surface area contributed by atoms with Crippen molar-refractivity contribution in [1.29, 1.82) is 0 Å². The first-order valence-electron chi connectivity index (χ1n) is 18.6. The van der Waals surface area contributed by atoms with Crippen LogP contribution in [0.4, 0.5) is 30.7 Å². The predicted molar refractivity (Wildman–Crippen MR) is 200 cm³/mol. The first kappa shape index (κ1) is 46.8. The fourth-order valence-electron chi connectivity index (χ4n) is 6.62. The Hall–Kier alpha value is -5.31. The third-order valence-corrected chi connectivity index (χ3v) is 12.6. The van der Waals surface area contributed by atoms with Crippen molar-refractivity contribution < 1.29 is 66.5 Å². The predicted octanol–water partition coefficient (Wildman–Crippen LogP) is 2.84. The minimum Gasteiger partial charge on any atom is -1.00 e. The maximum atomic E-state index is 13.2. The van der Waals surface area contributed by atoms with Gasteiger partial charge in [-0.25, -0.2) is 32.7 Å². The summed E-state index contributed by atoms with van der Waals surface area (Å²) in [5, 5.41) is 2.04. The lowest BCUT2D eigenvalue weighted by molar-refractivity contribution is -0.764. The number of benzene rings is 1. The van der Waals surface area contributed by atoms with E-state index in [0.29, 0.717) is 53.2 Å². The summed E-state index contributed by atoms with van der Waals surface area (Å²) in [7, 11) is -3.98. The van der Waals surface area contributed by atoms with Gasteiger partial charge in [-0.3, -0.25) is 19.6 Å². The van der Waals surface area contributed by atoms with Gasteiger partial charge in [-0.15, -0.1) is 0 Å². The molecule has 7 rings (SSSR count). The Bertz CT molecular complexity index is 2460. The van der Waals surface area contributed by atoms with Gasteiger partial charge in [-0.05, 0) is 93.8 Å². The number of halogens is 8. The molecule has 2 aliphatic heterocycles. The molecule has 0 aliphatic carbocycles. The summed E-state index contributed by atoms with van der Waals surface area (Å²) < 4.78 is 116. The summed E-state index contributed by atoms with van der Waals surface area (Å²) in [6, 6.07) is 12.0. The van der Waals surface area contributed by atoms with Gasteiger partial charge in [0.1, 0.15) is 29.9 Å². The van der Waals surface area contributed by atoms with E-state index in [2.05, 4.69) is 29.9 Å². The Balaban J connectivity index is 0.000000240. The maximum absolute atomic E-state index is 13.2. The molecule has 324 valence electrons. The van der Waals surface area contributed by atoms with E-state index in [1.807, 2.05) is 12.2 Å². The van der Waals surface area contributed by atoms with Crippen molar-refractivity contribution in [2.24, 2.45) is 0 Å². The van der Waals surface area contributed by atoms with Crippen LogP contribution < -0.4 is 17.7 Å². The lowest BCUT2D eigenvalue weighted by atomic mass is 9.83. The summed E-state index contributed by atoms with van der Waals surface area (Å²) in [4.78, 5) is 48.4. The minimum absolute atomic E-state index is 0. The number of carbonyl (C=O) groups excluding carboxylic acids is 2. The average molecular weight is 895 g/mol. The number of hydrogen-bond acceptors (Lipinski definition) is 10. The molecule has 1 unspecified atom stereocenters. The summed E-state index contributed by atoms with van der Waals surface area (Å²) >= 11 is 0. The van der Waals surface area contributed by atoms with Crippen LogP contribution >= 0.6 is 0 Å². The molecular weight excluding hydrogens is 857 g/mol. The Morgan fingerprint density at radius 3 is 1.56 bits per heavy atom. The molecule has 6 heterocycles. The highest BCUT2D eigenvalue weighted by atomic mass is 35.5. The summed E-state index contributed by atoms with van der Waals surface area (Å²) in [6.45, 7) is 4.64. The number of aromatic nitrogens is 6. The molecule has 0 saturated carbocycles. The molecule has 5 aromatic rings. The quantitative estimate of drug-likeness (QED) is 0.184. The Morgan fingerprint density at radius 1 is 0.705 bits per heavy atom. The molecule has 2 N–H and O–H groups in total. The number of alkyl halides is 6. The van der Waals surface area contributed by atoms with Crippen LogP contribution in [0.25, 0.3) is 22.5 Å². The Kier molecular flexibility index (Phi) is 14.1. The highest BCUT2D eigenvalue weighted by molar-refractivity contribution is 7.89. The second-order valence-electron chi connectivity index (χ2n) is 14.7. The molecule has 61 heavy (non-hydrogen) atoms. The molecule has 0 spiro atoms. The van der Waals surface area contributed by atoms with Crippen molar-refractivity contribution in [2.45, 2.75) is 80.7 Å². The van der Waals surface area contributed by atoms with E-state index in [-0.39, 0.29) is 53.8 Å². The van der Waals surface area contributed by atoms with Crippen molar-refractivity contribution in [3.05, 3.63) is 114 Å². The van der Waals surface area contributed by atoms with Crippen LogP contribution in [0, 0.1) is 5.82 Å². The summed E-state index contributed by atoms with van der Waals surface area (Å²) in [5.41, 5.74) is -0.693.